The van der Waals surface area contributed by atoms with Crippen LogP contribution >= 0.6 is 0 Å². The van der Waals surface area contributed by atoms with E-state index in [0.717, 1.165) is 58.3 Å². The van der Waals surface area contributed by atoms with Crippen LogP contribution in [0.1, 0.15) is 6.92 Å². The number of hydrogen-bond donors (Lipinski definition) is 2. The monoisotopic (exact) mass is 345 g/mol. The molecule has 0 radical (unpaired) electrons. The quantitative estimate of drug-likeness (QED) is 0.803. The summed E-state index contributed by atoms with van der Waals surface area (Å²) in [5.41, 5.74) is 0.873. The molecule has 2 N–H and O–H groups in total. The van der Waals surface area contributed by atoms with Crippen molar-refractivity contribution in [3.63, 3.8) is 0 Å². The highest BCUT2D eigenvalue weighted by atomic mass is 16.2. The summed E-state index contributed by atoms with van der Waals surface area (Å²) in [6.45, 7) is 9.78. The van der Waals surface area contributed by atoms with Crippen LogP contribution in [0.15, 0.2) is 12.4 Å². The summed E-state index contributed by atoms with van der Waals surface area (Å²) in [7, 11) is 2.16. The van der Waals surface area contributed by atoms with Crippen LogP contribution in [0, 0.1) is 11.3 Å². The number of piperazine rings is 1. The fourth-order valence-electron chi connectivity index (χ4n) is 4.40. The van der Waals surface area contributed by atoms with Gasteiger partial charge < -0.3 is 25.3 Å². The number of anilines is 2. The van der Waals surface area contributed by atoms with Crippen LogP contribution in [-0.2, 0) is 0 Å². The van der Waals surface area contributed by atoms with Crippen LogP contribution in [0.5, 0.6) is 0 Å². The molecule has 25 heavy (non-hydrogen) atoms. The van der Waals surface area contributed by atoms with Gasteiger partial charge in [0, 0.05) is 57.8 Å². The summed E-state index contributed by atoms with van der Waals surface area (Å²) < 4.78 is 0. The van der Waals surface area contributed by atoms with Gasteiger partial charge in [-0.3, -0.25) is 0 Å². The number of urea groups is 1. The predicted octanol–water partition coefficient (Wildman–Crippen LogP) is 0.302. The lowest BCUT2D eigenvalue weighted by Crippen LogP contribution is -2.44. The number of nitrogens with zero attached hydrogens (tertiary/aromatic N) is 5. The molecular formula is C17H27N7O. The molecular weight excluding hydrogens is 318 g/mol. The molecule has 3 fully saturated rings. The number of fused-ring (bicyclic) bond motifs is 1. The first-order chi connectivity index (χ1) is 12.0. The third-order valence-corrected chi connectivity index (χ3v) is 5.72. The molecule has 4 heterocycles. The van der Waals surface area contributed by atoms with E-state index >= 15 is 0 Å². The number of nitrogens with one attached hydrogen (secondary N) is 2. The van der Waals surface area contributed by atoms with Gasteiger partial charge in [-0.1, -0.05) is 6.92 Å². The van der Waals surface area contributed by atoms with Crippen LogP contribution < -0.4 is 15.5 Å². The maximum atomic E-state index is 12.6. The van der Waals surface area contributed by atoms with Crippen molar-refractivity contribution in [3.05, 3.63) is 12.4 Å². The molecule has 3 aliphatic heterocycles. The van der Waals surface area contributed by atoms with Gasteiger partial charge in [-0.25, -0.2) is 14.8 Å². The van der Waals surface area contributed by atoms with Crippen LogP contribution in [-0.4, -0.2) is 85.2 Å². The fourth-order valence-corrected chi connectivity index (χ4v) is 4.40. The van der Waals surface area contributed by atoms with Crippen LogP contribution in [0.2, 0.25) is 0 Å². The SMILES string of the molecule is CN1C[C@@H]2CN(C(=O)Nc3cnc(N4CCNCC4)nc3)C[C@]2(C)C1. The van der Waals surface area contributed by atoms with E-state index in [-0.39, 0.29) is 11.4 Å². The van der Waals surface area contributed by atoms with Crippen molar-refractivity contribution < 1.29 is 4.79 Å². The van der Waals surface area contributed by atoms with E-state index in [2.05, 4.69) is 44.4 Å². The van der Waals surface area contributed by atoms with Gasteiger partial charge in [0.25, 0.3) is 0 Å². The Balaban J connectivity index is 1.35. The minimum absolute atomic E-state index is 0.0446. The Labute approximate surface area is 148 Å². The summed E-state index contributed by atoms with van der Waals surface area (Å²) in [6.07, 6.45) is 3.41. The van der Waals surface area contributed by atoms with Gasteiger partial charge in [0.05, 0.1) is 18.1 Å². The number of rotatable bonds is 2. The first kappa shape index (κ1) is 16.5. The van der Waals surface area contributed by atoms with Crippen molar-refractivity contribution in [1.82, 2.24) is 25.1 Å². The molecule has 1 aromatic heterocycles. The predicted molar refractivity (Wildman–Crippen MR) is 96.8 cm³/mol. The average molecular weight is 345 g/mol. The summed E-state index contributed by atoms with van der Waals surface area (Å²) in [4.78, 5) is 27.9. The summed E-state index contributed by atoms with van der Waals surface area (Å²) in [5.74, 6) is 1.29. The maximum Gasteiger partial charge on any atom is 0.321 e. The highest BCUT2D eigenvalue weighted by molar-refractivity contribution is 5.89. The van der Waals surface area contributed by atoms with E-state index in [9.17, 15) is 4.79 Å². The van der Waals surface area contributed by atoms with Gasteiger partial charge in [-0.15, -0.1) is 0 Å². The van der Waals surface area contributed by atoms with Crippen molar-refractivity contribution >= 4 is 17.7 Å². The Morgan fingerprint density at radius 1 is 1.24 bits per heavy atom. The first-order valence-corrected chi connectivity index (χ1v) is 9.06. The van der Waals surface area contributed by atoms with E-state index in [1.807, 2.05) is 4.90 Å². The number of amides is 2. The zero-order valence-electron chi connectivity index (χ0n) is 15.0. The Morgan fingerprint density at radius 3 is 2.64 bits per heavy atom. The molecule has 0 aromatic carbocycles. The lowest BCUT2D eigenvalue weighted by Gasteiger charge is -2.27. The largest absolute Gasteiger partial charge is 0.338 e. The third-order valence-electron chi connectivity index (χ3n) is 5.72. The molecule has 4 rings (SSSR count). The lowest BCUT2D eigenvalue weighted by atomic mass is 9.83. The molecule has 0 saturated carbocycles. The minimum Gasteiger partial charge on any atom is -0.338 e. The molecule has 2 atom stereocenters. The average Bonchev–Trinajstić information content (AvgIpc) is 3.06. The second-order valence-corrected chi connectivity index (χ2v) is 7.87. The number of carbonyl (C=O) groups is 1. The van der Waals surface area contributed by atoms with Crippen molar-refractivity contribution in [3.8, 4) is 0 Å². The first-order valence-electron chi connectivity index (χ1n) is 9.06. The van der Waals surface area contributed by atoms with Crippen LogP contribution in [0.3, 0.4) is 0 Å². The van der Waals surface area contributed by atoms with Crippen molar-refractivity contribution in [2.45, 2.75) is 6.92 Å². The van der Waals surface area contributed by atoms with Crippen LogP contribution in [0.4, 0.5) is 16.4 Å². The van der Waals surface area contributed by atoms with E-state index < -0.39 is 0 Å². The van der Waals surface area contributed by atoms with Gasteiger partial charge >= 0.3 is 6.03 Å². The number of hydrogen-bond acceptors (Lipinski definition) is 6. The Hall–Kier alpha value is -1.93. The van der Waals surface area contributed by atoms with Crippen LogP contribution in [0.25, 0.3) is 0 Å². The molecule has 8 heteroatoms. The molecule has 3 saturated heterocycles. The topological polar surface area (TPSA) is 76.6 Å². The van der Waals surface area contributed by atoms with Gasteiger partial charge in [-0.05, 0) is 13.0 Å². The molecule has 2 amide bonds. The second kappa shape index (κ2) is 6.42. The highest BCUT2D eigenvalue weighted by Crippen LogP contribution is 2.41. The van der Waals surface area contributed by atoms with Gasteiger partial charge in [0.15, 0.2) is 0 Å². The molecule has 1 aromatic rings. The van der Waals surface area contributed by atoms with E-state index in [1.165, 1.54) is 0 Å². The molecule has 0 aliphatic carbocycles. The van der Waals surface area contributed by atoms with E-state index in [0.29, 0.717) is 11.6 Å². The van der Waals surface area contributed by atoms with E-state index in [1.54, 1.807) is 12.4 Å². The summed E-state index contributed by atoms with van der Waals surface area (Å²) >= 11 is 0. The summed E-state index contributed by atoms with van der Waals surface area (Å²) in [5, 5.41) is 6.26. The zero-order valence-corrected chi connectivity index (χ0v) is 15.0. The summed E-state index contributed by atoms with van der Waals surface area (Å²) in [6, 6.07) is -0.0446. The van der Waals surface area contributed by atoms with Gasteiger partial charge in [0.2, 0.25) is 5.95 Å². The molecule has 0 bridgehead atoms. The third kappa shape index (κ3) is 3.28. The number of aromatic nitrogens is 2. The van der Waals surface area contributed by atoms with Crippen molar-refractivity contribution in [2.24, 2.45) is 11.3 Å². The van der Waals surface area contributed by atoms with E-state index in [4.69, 9.17) is 0 Å². The Morgan fingerprint density at radius 2 is 1.96 bits per heavy atom. The Kier molecular flexibility index (Phi) is 4.24. The molecule has 0 unspecified atom stereocenters. The zero-order chi connectivity index (χ0) is 17.4. The normalized spacial score (nSPS) is 29.8. The van der Waals surface area contributed by atoms with Crippen molar-refractivity contribution in [1.29, 1.82) is 0 Å². The van der Waals surface area contributed by atoms with Gasteiger partial charge in [-0.2, -0.15) is 0 Å². The smallest absolute Gasteiger partial charge is 0.321 e. The van der Waals surface area contributed by atoms with Gasteiger partial charge in [0.1, 0.15) is 0 Å². The maximum absolute atomic E-state index is 12.6. The Bertz CT molecular complexity index is 630. The molecule has 0 spiro atoms. The number of carbonyl (C=O) groups excluding carboxylic acids is 1. The lowest BCUT2D eigenvalue weighted by molar-refractivity contribution is 0.209. The molecule has 3 aliphatic rings. The number of likely N-dealkylation sites (tertiary alicyclic amines) is 2. The molecule has 136 valence electrons. The fraction of sp³-hybridized carbons (Fsp3) is 0.706. The minimum atomic E-state index is -0.0446. The molecule has 8 nitrogen and oxygen atoms in total. The van der Waals surface area contributed by atoms with Crippen molar-refractivity contribution in [2.75, 3.05) is 69.6 Å². The standard InChI is InChI=1S/C17H27N7O/c1-17-11-22(2)9-13(17)10-24(12-17)16(25)21-14-7-19-15(20-8-14)23-5-3-18-4-6-23/h7-8,13,18H,3-6,9-12H2,1-2H3,(H,21,25)/t13-,17+/m1/s1. The highest BCUT2D eigenvalue weighted by Gasteiger charge is 2.49. The second-order valence-electron chi connectivity index (χ2n) is 7.87.